The highest BCUT2D eigenvalue weighted by molar-refractivity contribution is 5.37. The lowest BCUT2D eigenvalue weighted by atomic mass is 9.97. The fourth-order valence-electron chi connectivity index (χ4n) is 4.50. The topological polar surface area (TPSA) is 21.7 Å². The van der Waals surface area contributed by atoms with Crippen LogP contribution in [0.2, 0.25) is 0 Å². The van der Waals surface area contributed by atoms with Gasteiger partial charge in [-0.1, -0.05) is 49.6 Å². The molecule has 4 rings (SSSR count). The molecular weight excluding hydrogens is 358 g/mol. The Kier molecular flexibility index (Phi) is 7.47. The van der Waals surface area contributed by atoms with Crippen molar-refractivity contribution < 1.29 is 9.47 Å². The molecule has 2 aromatic rings. The molecule has 2 aliphatic heterocycles. The van der Waals surface area contributed by atoms with Crippen molar-refractivity contribution in [1.82, 2.24) is 4.90 Å². The predicted octanol–water partition coefficient (Wildman–Crippen LogP) is 6.18. The van der Waals surface area contributed by atoms with E-state index in [4.69, 9.17) is 9.47 Å². The zero-order valence-corrected chi connectivity index (χ0v) is 17.7. The summed E-state index contributed by atoms with van der Waals surface area (Å²) in [5, 5.41) is 0. The lowest BCUT2D eigenvalue weighted by Gasteiger charge is -2.26. The normalized spacial score (nSPS) is 19.0. The number of nitrogens with zero attached hydrogens (tertiary/aromatic N) is 1. The van der Waals surface area contributed by atoms with E-state index in [0.717, 1.165) is 37.4 Å². The maximum atomic E-state index is 6.19. The molecule has 3 nitrogen and oxygen atoms in total. The Morgan fingerprint density at radius 2 is 1.62 bits per heavy atom. The number of fused-ring (bicyclic) bond motifs is 1. The first kappa shape index (κ1) is 20.3. The summed E-state index contributed by atoms with van der Waals surface area (Å²) in [4.78, 5) is 2.61. The molecule has 1 unspecified atom stereocenters. The van der Waals surface area contributed by atoms with Gasteiger partial charge in [0, 0.05) is 0 Å². The number of benzene rings is 2. The van der Waals surface area contributed by atoms with Crippen LogP contribution in [-0.2, 0) is 6.42 Å². The summed E-state index contributed by atoms with van der Waals surface area (Å²) >= 11 is 0. The molecule has 0 aromatic heterocycles. The fourth-order valence-corrected chi connectivity index (χ4v) is 4.50. The molecule has 1 atom stereocenters. The lowest BCUT2D eigenvalue weighted by molar-refractivity contribution is 0.176. The zero-order valence-electron chi connectivity index (χ0n) is 17.7. The average Bonchev–Trinajstić information content (AvgIpc) is 3.29. The first-order valence-electron chi connectivity index (χ1n) is 11.6. The highest BCUT2D eigenvalue weighted by Crippen LogP contribution is 2.35. The maximum absolute atomic E-state index is 6.19. The first-order chi connectivity index (χ1) is 14.4. The quantitative estimate of drug-likeness (QED) is 0.450. The maximum Gasteiger partial charge on any atom is 0.124 e. The Morgan fingerprint density at radius 3 is 2.48 bits per heavy atom. The van der Waals surface area contributed by atoms with Gasteiger partial charge in [0.05, 0.1) is 6.61 Å². The smallest absolute Gasteiger partial charge is 0.124 e. The van der Waals surface area contributed by atoms with Crippen LogP contribution in [0.1, 0.15) is 68.6 Å². The number of hydrogen-bond acceptors (Lipinski definition) is 3. The highest BCUT2D eigenvalue weighted by atomic mass is 16.5. The summed E-state index contributed by atoms with van der Waals surface area (Å²) in [6.45, 7) is 4.78. The Hall–Kier alpha value is -2.00. The van der Waals surface area contributed by atoms with Crippen molar-refractivity contribution in [1.29, 1.82) is 0 Å². The summed E-state index contributed by atoms with van der Waals surface area (Å²) in [6, 6.07) is 16.9. The minimum atomic E-state index is 0.152. The number of rotatable bonds is 10. The summed E-state index contributed by atoms with van der Waals surface area (Å²) in [6.07, 6.45) is 11.5. The van der Waals surface area contributed by atoms with Gasteiger partial charge in [-0.2, -0.15) is 0 Å². The number of aryl methyl sites for hydroxylation is 1. The van der Waals surface area contributed by atoms with Gasteiger partial charge in [-0.05, 0) is 87.5 Å². The average molecular weight is 394 g/mol. The molecule has 1 fully saturated rings. The van der Waals surface area contributed by atoms with Crippen LogP contribution >= 0.6 is 0 Å². The second-order valence-corrected chi connectivity index (χ2v) is 8.49. The van der Waals surface area contributed by atoms with Crippen LogP contribution in [0.5, 0.6) is 11.5 Å². The number of hydrogen-bond donors (Lipinski definition) is 0. The zero-order chi connectivity index (χ0) is 19.7. The molecule has 0 saturated carbocycles. The Morgan fingerprint density at radius 1 is 0.862 bits per heavy atom. The molecule has 3 heteroatoms. The minimum Gasteiger partial charge on any atom is -0.494 e. The van der Waals surface area contributed by atoms with Gasteiger partial charge in [-0.15, -0.1) is 0 Å². The SMILES string of the molecule is c1ccc2c(c1)CCC(c1ccc(OCCCCCCCN3CCCC3)cc1)O2. The van der Waals surface area contributed by atoms with E-state index in [1.165, 1.54) is 69.3 Å². The van der Waals surface area contributed by atoms with Crippen LogP contribution in [0.3, 0.4) is 0 Å². The third kappa shape index (κ3) is 5.99. The fraction of sp³-hybridized carbons (Fsp3) is 0.538. The second kappa shape index (κ2) is 10.7. The van der Waals surface area contributed by atoms with E-state index in [1.54, 1.807) is 0 Å². The van der Waals surface area contributed by atoms with E-state index in [9.17, 15) is 0 Å². The number of likely N-dealkylation sites (tertiary alicyclic amines) is 1. The molecule has 29 heavy (non-hydrogen) atoms. The lowest BCUT2D eigenvalue weighted by Crippen LogP contribution is -2.20. The molecule has 2 aliphatic rings. The van der Waals surface area contributed by atoms with Crippen LogP contribution in [-0.4, -0.2) is 31.1 Å². The summed E-state index contributed by atoms with van der Waals surface area (Å²) < 4.78 is 12.1. The van der Waals surface area contributed by atoms with Crippen LogP contribution in [0.4, 0.5) is 0 Å². The van der Waals surface area contributed by atoms with Gasteiger partial charge in [0.2, 0.25) is 0 Å². The predicted molar refractivity (Wildman–Crippen MR) is 119 cm³/mol. The Bertz CT molecular complexity index is 737. The van der Waals surface area contributed by atoms with E-state index >= 15 is 0 Å². The van der Waals surface area contributed by atoms with Gasteiger partial charge in [-0.25, -0.2) is 0 Å². The molecule has 1 saturated heterocycles. The molecule has 2 heterocycles. The van der Waals surface area contributed by atoms with E-state index in [1.807, 2.05) is 6.07 Å². The van der Waals surface area contributed by atoms with Gasteiger partial charge < -0.3 is 14.4 Å². The Labute approximate surface area is 176 Å². The molecule has 156 valence electrons. The van der Waals surface area contributed by atoms with Gasteiger partial charge in [0.25, 0.3) is 0 Å². The minimum absolute atomic E-state index is 0.152. The Balaban J connectivity index is 1.11. The van der Waals surface area contributed by atoms with Crippen LogP contribution < -0.4 is 9.47 Å². The van der Waals surface area contributed by atoms with Crippen LogP contribution in [0.15, 0.2) is 48.5 Å². The van der Waals surface area contributed by atoms with Gasteiger partial charge in [0.15, 0.2) is 0 Å². The van der Waals surface area contributed by atoms with E-state index in [2.05, 4.69) is 47.4 Å². The van der Waals surface area contributed by atoms with Crippen molar-refractivity contribution in [3.8, 4) is 11.5 Å². The second-order valence-electron chi connectivity index (χ2n) is 8.49. The molecule has 2 aromatic carbocycles. The highest BCUT2D eigenvalue weighted by Gasteiger charge is 2.20. The number of para-hydroxylation sites is 1. The van der Waals surface area contributed by atoms with Gasteiger partial charge in [-0.3, -0.25) is 0 Å². The summed E-state index contributed by atoms with van der Waals surface area (Å²) in [5.74, 6) is 2.00. The number of ether oxygens (including phenoxy) is 2. The van der Waals surface area contributed by atoms with Crippen LogP contribution in [0.25, 0.3) is 0 Å². The largest absolute Gasteiger partial charge is 0.494 e. The van der Waals surface area contributed by atoms with Crippen molar-refractivity contribution in [3.63, 3.8) is 0 Å². The summed E-state index contributed by atoms with van der Waals surface area (Å²) in [7, 11) is 0. The molecule has 0 spiro atoms. The van der Waals surface area contributed by atoms with Gasteiger partial charge >= 0.3 is 0 Å². The van der Waals surface area contributed by atoms with E-state index in [-0.39, 0.29) is 6.10 Å². The van der Waals surface area contributed by atoms with Crippen molar-refractivity contribution in [2.45, 2.75) is 63.9 Å². The van der Waals surface area contributed by atoms with Gasteiger partial charge in [0.1, 0.15) is 17.6 Å². The first-order valence-corrected chi connectivity index (χ1v) is 11.6. The van der Waals surface area contributed by atoms with Crippen LogP contribution in [0, 0.1) is 0 Å². The third-order valence-electron chi connectivity index (χ3n) is 6.26. The van der Waals surface area contributed by atoms with Crippen molar-refractivity contribution in [2.75, 3.05) is 26.2 Å². The number of unbranched alkanes of at least 4 members (excludes halogenated alkanes) is 4. The third-order valence-corrected chi connectivity index (χ3v) is 6.26. The summed E-state index contributed by atoms with van der Waals surface area (Å²) in [5.41, 5.74) is 2.56. The van der Waals surface area contributed by atoms with Crippen molar-refractivity contribution in [3.05, 3.63) is 59.7 Å². The molecule has 0 N–H and O–H groups in total. The molecular formula is C26H35NO2. The molecule has 0 bridgehead atoms. The molecule has 0 radical (unpaired) electrons. The standard InChI is InChI=1S/C26H35NO2/c1(2-6-18-27-19-7-8-20-27)3-9-21-28-24-15-12-23(13-16-24)26-17-14-22-10-4-5-11-25(22)29-26/h4-5,10-13,15-16,26H,1-3,6-9,14,17-21H2. The molecule has 0 aliphatic carbocycles. The van der Waals surface area contributed by atoms with E-state index < -0.39 is 0 Å². The van der Waals surface area contributed by atoms with E-state index in [0.29, 0.717) is 0 Å². The monoisotopic (exact) mass is 393 g/mol. The van der Waals surface area contributed by atoms with Crippen molar-refractivity contribution >= 4 is 0 Å². The van der Waals surface area contributed by atoms with Crippen molar-refractivity contribution in [2.24, 2.45) is 0 Å². The molecule has 0 amide bonds.